The first-order chi connectivity index (χ1) is 8.65. The Morgan fingerprint density at radius 3 is 2.56 bits per heavy atom. The van der Waals surface area contributed by atoms with E-state index in [4.69, 9.17) is 0 Å². The fraction of sp³-hybridized carbons (Fsp3) is 0.583. The van der Waals surface area contributed by atoms with Crippen LogP contribution >= 0.6 is 0 Å². The topological polar surface area (TPSA) is 86.3 Å². The summed E-state index contributed by atoms with van der Waals surface area (Å²) in [5.74, 6) is -0.148. The molecule has 6 heteroatoms. The van der Waals surface area contributed by atoms with Gasteiger partial charge in [0.25, 0.3) is 11.5 Å². The van der Waals surface area contributed by atoms with E-state index in [1.807, 2.05) is 4.90 Å². The molecule has 96 valence electrons. The lowest BCUT2D eigenvalue weighted by molar-refractivity contribution is 0.0281. The number of nitrogens with zero attached hydrogens (tertiary/aromatic N) is 2. The first-order valence-corrected chi connectivity index (χ1v) is 6.21. The molecule has 6 nitrogen and oxygen atoms in total. The van der Waals surface area contributed by atoms with Gasteiger partial charge in [-0.25, -0.2) is 5.10 Å². The van der Waals surface area contributed by atoms with Gasteiger partial charge in [-0.3, -0.25) is 9.59 Å². The molecule has 3 rings (SSSR count). The van der Waals surface area contributed by atoms with Crippen molar-refractivity contribution in [2.75, 3.05) is 0 Å². The number of carbonyl (C=O) groups excluding carboxylic acids is 1. The quantitative estimate of drug-likeness (QED) is 0.727. The highest BCUT2D eigenvalue weighted by Crippen LogP contribution is 2.36. The van der Waals surface area contributed by atoms with Gasteiger partial charge in [0.15, 0.2) is 0 Å². The standard InChI is InChI=1S/C12H15N3O3/c16-9-5-7-1-2-8(6-9)15(7)12(18)10-3-4-11(17)14-13-10/h3-4,7-9,16H,1-2,5-6H2,(H,14,17). The Balaban J connectivity index is 1.85. The molecule has 0 radical (unpaired) electrons. The Hall–Kier alpha value is -1.69. The van der Waals surface area contributed by atoms with Crippen LogP contribution in [0.25, 0.3) is 0 Å². The molecule has 0 spiro atoms. The molecule has 0 aliphatic carbocycles. The number of aliphatic hydroxyl groups is 1. The molecule has 2 atom stereocenters. The van der Waals surface area contributed by atoms with Crippen LogP contribution < -0.4 is 5.56 Å². The van der Waals surface area contributed by atoms with Crippen LogP contribution in [0.2, 0.25) is 0 Å². The molecule has 2 bridgehead atoms. The third-order valence-electron chi connectivity index (χ3n) is 3.84. The van der Waals surface area contributed by atoms with Crippen molar-refractivity contribution >= 4 is 5.91 Å². The van der Waals surface area contributed by atoms with Gasteiger partial charge in [-0.2, -0.15) is 5.10 Å². The largest absolute Gasteiger partial charge is 0.393 e. The van der Waals surface area contributed by atoms with Crippen LogP contribution in [0.3, 0.4) is 0 Å². The molecule has 2 aliphatic heterocycles. The number of aromatic amines is 1. The molecule has 2 saturated heterocycles. The third kappa shape index (κ3) is 1.82. The monoisotopic (exact) mass is 249 g/mol. The summed E-state index contributed by atoms with van der Waals surface area (Å²) in [5, 5.41) is 15.7. The van der Waals surface area contributed by atoms with Gasteiger partial charge in [0, 0.05) is 18.2 Å². The van der Waals surface area contributed by atoms with Crippen LogP contribution in [0.5, 0.6) is 0 Å². The molecule has 1 aromatic heterocycles. The zero-order valence-corrected chi connectivity index (χ0v) is 9.87. The predicted molar refractivity (Wildman–Crippen MR) is 63.1 cm³/mol. The van der Waals surface area contributed by atoms with Gasteiger partial charge in [-0.05, 0) is 31.7 Å². The SMILES string of the molecule is O=C(c1ccc(=O)[nH]n1)N1C2CCC1CC(O)C2. The number of hydrogen-bond acceptors (Lipinski definition) is 4. The Morgan fingerprint density at radius 2 is 2.00 bits per heavy atom. The van der Waals surface area contributed by atoms with Gasteiger partial charge in [0.2, 0.25) is 0 Å². The minimum atomic E-state index is -0.316. The van der Waals surface area contributed by atoms with Crippen LogP contribution in [0.15, 0.2) is 16.9 Å². The Kier molecular flexibility index (Phi) is 2.66. The average Bonchev–Trinajstić information content (AvgIpc) is 2.62. The number of fused-ring (bicyclic) bond motifs is 2. The van der Waals surface area contributed by atoms with Crippen molar-refractivity contribution in [1.29, 1.82) is 0 Å². The number of aliphatic hydroxyl groups excluding tert-OH is 1. The minimum Gasteiger partial charge on any atom is -0.393 e. The molecule has 2 N–H and O–H groups in total. The van der Waals surface area contributed by atoms with Crippen molar-refractivity contribution in [3.63, 3.8) is 0 Å². The highest BCUT2D eigenvalue weighted by molar-refractivity contribution is 5.92. The van der Waals surface area contributed by atoms with E-state index < -0.39 is 0 Å². The number of amides is 1. The van der Waals surface area contributed by atoms with Gasteiger partial charge in [-0.1, -0.05) is 0 Å². The van der Waals surface area contributed by atoms with E-state index in [1.165, 1.54) is 12.1 Å². The zero-order valence-electron chi connectivity index (χ0n) is 9.87. The molecule has 2 aliphatic rings. The smallest absolute Gasteiger partial charge is 0.274 e. The van der Waals surface area contributed by atoms with E-state index in [2.05, 4.69) is 10.2 Å². The molecular weight excluding hydrogens is 234 g/mol. The van der Waals surface area contributed by atoms with E-state index in [1.54, 1.807) is 0 Å². The van der Waals surface area contributed by atoms with E-state index in [0.29, 0.717) is 12.8 Å². The van der Waals surface area contributed by atoms with E-state index in [-0.39, 0.29) is 35.3 Å². The summed E-state index contributed by atoms with van der Waals surface area (Å²) in [7, 11) is 0. The summed E-state index contributed by atoms with van der Waals surface area (Å²) in [6, 6.07) is 2.98. The molecule has 0 saturated carbocycles. The maximum absolute atomic E-state index is 12.3. The van der Waals surface area contributed by atoms with E-state index in [0.717, 1.165) is 12.8 Å². The van der Waals surface area contributed by atoms with Gasteiger partial charge in [0.1, 0.15) is 5.69 Å². The van der Waals surface area contributed by atoms with Crippen LogP contribution in [0.1, 0.15) is 36.2 Å². The number of carbonyl (C=O) groups is 1. The highest BCUT2D eigenvalue weighted by Gasteiger charge is 2.43. The second-order valence-electron chi connectivity index (χ2n) is 5.03. The average molecular weight is 249 g/mol. The number of piperidine rings is 1. The second kappa shape index (κ2) is 4.20. The normalized spacial score (nSPS) is 30.5. The van der Waals surface area contributed by atoms with Crippen molar-refractivity contribution in [3.05, 3.63) is 28.2 Å². The Morgan fingerprint density at radius 1 is 1.33 bits per heavy atom. The summed E-state index contributed by atoms with van der Waals surface area (Å²) in [5.41, 5.74) is -0.0496. The minimum absolute atomic E-state index is 0.111. The first-order valence-electron chi connectivity index (χ1n) is 6.21. The highest BCUT2D eigenvalue weighted by atomic mass is 16.3. The summed E-state index contributed by atoms with van der Waals surface area (Å²) in [6.07, 6.45) is 2.88. The Bertz CT molecular complexity index is 493. The molecule has 1 amide bonds. The molecule has 2 unspecified atom stereocenters. The van der Waals surface area contributed by atoms with Crippen molar-refractivity contribution in [2.45, 2.75) is 43.9 Å². The fourth-order valence-corrected chi connectivity index (χ4v) is 3.08. The second-order valence-corrected chi connectivity index (χ2v) is 5.03. The van der Waals surface area contributed by atoms with Crippen molar-refractivity contribution in [3.8, 4) is 0 Å². The molecule has 2 fully saturated rings. The number of aromatic nitrogens is 2. The number of rotatable bonds is 1. The lowest BCUT2D eigenvalue weighted by atomic mass is 9.99. The maximum Gasteiger partial charge on any atom is 0.274 e. The molecule has 18 heavy (non-hydrogen) atoms. The lowest BCUT2D eigenvalue weighted by Gasteiger charge is -2.36. The molecule has 3 heterocycles. The van der Waals surface area contributed by atoms with Crippen LogP contribution in [-0.4, -0.2) is 44.3 Å². The van der Waals surface area contributed by atoms with Crippen LogP contribution in [-0.2, 0) is 0 Å². The third-order valence-corrected chi connectivity index (χ3v) is 3.84. The first kappa shape index (κ1) is 11.4. The zero-order chi connectivity index (χ0) is 12.7. The van der Waals surface area contributed by atoms with E-state index in [9.17, 15) is 14.7 Å². The fourth-order valence-electron chi connectivity index (χ4n) is 3.08. The predicted octanol–water partition coefficient (Wildman–Crippen LogP) is -0.102. The molecular formula is C12H15N3O3. The van der Waals surface area contributed by atoms with Gasteiger partial charge >= 0.3 is 0 Å². The van der Waals surface area contributed by atoms with E-state index >= 15 is 0 Å². The summed E-state index contributed by atoms with van der Waals surface area (Å²) in [4.78, 5) is 25.1. The van der Waals surface area contributed by atoms with Gasteiger partial charge in [-0.15, -0.1) is 0 Å². The maximum atomic E-state index is 12.3. The van der Waals surface area contributed by atoms with Crippen molar-refractivity contribution < 1.29 is 9.90 Å². The van der Waals surface area contributed by atoms with Gasteiger partial charge in [0.05, 0.1) is 6.10 Å². The van der Waals surface area contributed by atoms with Crippen LogP contribution in [0, 0.1) is 0 Å². The number of hydrogen-bond donors (Lipinski definition) is 2. The molecule has 0 aromatic carbocycles. The summed E-state index contributed by atoms with van der Waals surface area (Å²) in [6.45, 7) is 0. The summed E-state index contributed by atoms with van der Waals surface area (Å²) >= 11 is 0. The van der Waals surface area contributed by atoms with Gasteiger partial charge < -0.3 is 10.0 Å². The van der Waals surface area contributed by atoms with Crippen molar-refractivity contribution in [2.24, 2.45) is 0 Å². The number of H-pyrrole nitrogens is 1. The number of nitrogens with one attached hydrogen (secondary N) is 1. The van der Waals surface area contributed by atoms with Crippen molar-refractivity contribution in [1.82, 2.24) is 15.1 Å². The molecule has 1 aromatic rings. The Labute approximate surface area is 104 Å². The summed E-state index contributed by atoms with van der Waals surface area (Å²) < 4.78 is 0. The lowest BCUT2D eigenvalue weighted by Crippen LogP contribution is -2.48. The van der Waals surface area contributed by atoms with Crippen LogP contribution in [0.4, 0.5) is 0 Å².